The fourth-order valence-corrected chi connectivity index (χ4v) is 6.28. The van der Waals surface area contributed by atoms with Gasteiger partial charge in [-0.05, 0) is 50.5 Å². The number of esters is 1. The van der Waals surface area contributed by atoms with Crippen LogP contribution in [0.4, 0.5) is 0 Å². The first-order chi connectivity index (χ1) is 25.8. The van der Waals surface area contributed by atoms with Gasteiger partial charge in [-0.15, -0.1) is 0 Å². The Morgan fingerprint density at radius 1 is 0.593 bits per heavy atom. The minimum absolute atomic E-state index is 0.0852. The Labute approximate surface area is 326 Å². The van der Waals surface area contributed by atoms with Gasteiger partial charge in [0, 0.05) is 0 Å². The zero-order valence-corrected chi connectivity index (χ0v) is 34.2. The molecule has 13 nitrogen and oxygen atoms in total. The van der Waals surface area contributed by atoms with Crippen LogP contribution >= 0.6 is 0 Å². The molecule has 0 bridgehead atoms. The molecule has 0 aromatic heterocycles. The van der Waals surface area contributed by atoms with Crippen LogP contribution in [0.5, 0.6) is 0 Å². The minimum Gasteiger partial charge on any atom is -0.480 e. The largest absolute Gasteiger partial charge is 0.480 e. The molecule has 4 unspecified atom stereocenters. The first-order valence-electron chi connectivity index (χ1n) is 21.1. The van der Waals surface area contributed by atoms with E-state index < -0.39 is 67.1 Å². The lowest BCUT2D eigenvalue weighted by Gasteiger charge is -2.20. The molecule has 0 saturated carbocycles. The number of aliphatic hydroxyl groups excluding tert-OH is 2. The SMILES string of the molecule is CC(C)CCCCCCCCCCC(CC(=O)NCC(=O)NC(CO)C(=O)NC(CCCN)C(=O)O)OC(=O)CC(O)CCCCCCCCCC(C)C. The molecule has 4 atom stereocenters. The van der Waals surface area contributed by atoms with E-state index in [-0.39, 0.29) is 25.8 Å². The molecular formula is C41H78N4O9. The molecule has 0 saturated heterocycles. The van der Waals surface area contributed by atoms with Crippen molar-refractivity contribution in [2.75, 3.05) is 19.7 Å². The molecule has 0 aromatic rings. The predicted octanol–water partition coefficient (Wildman–Crippen LogP) is 5.66. The lowest BCUT2D eigenvalue weighted by Crippen LogP contribution is -2.54. The molecule has 0 aromatic carbocycles. The summed E-state index contributed by atoms with van der Waals surface area (Å²) in [7, 11) is 0. The van der Waals surface area contributed by atoms with E-state index in [2.05, 4.69) is 43.6 Å². The quantitative estimate of drug-likeness (QED) is 0.0306. The lowest BCUT2D eigenvalue weighted by atomic mass is 10.0. The van der Waals surface area contributed by atoms with Crippen LogP contribution in [0.2, 0.25) is 0 Å². The molecule has 0 heterocycles. The molecule has 54 heavy (non-hydrogen) atoms. The highest BCUT2D eigenvalue weighted by Gasteiger charge is 2.26. The summed E-state index contributed by atoms with van der Waals surface area (Å²) in [5.74, 6) is -2.52. The summed E-state index contributed by atoms with van der Waals surface area (Å²) in [4.78, 5) is 62.2. The van der Waals surface area contributed by atoms with Gasteiger partial charge in [-0.1, -0.05) is 130 Å². The van der Waals surface area contributed by atoms with Crippen LogP contribution in [-0.4, -0.2) is 89.0 Å². The van der Waals surface area contributed by atoms with Crippen molar-refractivity contribution >= 4 is 29.7 Å². The first kappa shape index (κ1) is 51.2. The fraction of sp³-hybridized carbons (Fsp3) is 0.878. The second kappa shape index (κ2) is 33.6. The lowest BCUT2D eigenvalue weighted by molar-refractivity contribution is -0.153. The third-order valence-electron chi connectivity index (χ3n) is 9.58. The van der Waals surface area contributed by atoms with Crippen LogP contribution in [0.1, 0.15) is 175 Å². The highest BCUT2D eigenvalue weighted by molar-refractivity contribution is 5.92. The maximum absolute atomic E-state index is 12.9. The highest BCUT2D eigenvalue weighted by atomic mass is 16.5. The van der Waals surface area contributed by atoms with Gasteiger partial charge in [-0.25, -0.2) is 4.79 Å². The number of aliphatic carboxylic acids is 1. The van der Waals surface area contributed by atoms with Gasteiger partial charge in [-0.3, -0.25) is 19.2 Å². The summed E-state index contributed by atoms with van der Waals surface area (Å²) in [6.45, 7) is 7.93. The number of amides is 3. The zero-order chi connectivity index (χ0) is 40.6. The van der Waals surface area contributed by atoms with Crippen LogP contribution in [-0.2, 0) is 28.7 Å². The number of ether oxygens (including phenoxy) is 1. The van der Waals surface area contributed by atoms with Gasteiger partial charge < -0.3 is 41.7 Å². The smallest absolute Gasteiger partial charge is 0.326 e. The van der Waals surface area contributed by atoms with Crippen LogP contribution < -0.4 is 21.7 Å². The van der Waals surface area contributed by atoms with Gasteiger partial charge in [-0.2, -0.15) is 0 Å². The number of carboxylic acid groups (broad SMARTS) is 1. The number of hydrogen-bond acceptors (Lipinski definition) is 9. The summed E-state index contributed by atoms with van der Waals surface area (Å²) in [6.07, 6.45) is 18.8. The number of carbonyl (C=O) groups is 5. The van der Waals surface area contributed by atoms with Crippen LogP contribution in [0, 0.1) is 11.8 Å². The molecule has 0 fully saturated rings. The number of carbonyl (C=O) groups excluding carboxylic acids is 4. The topological polar surface area (TPSA) is 217 Å². The van der Waals surface area contributed by atoms with Crippen molar-refractivity contribution in [2.24, 2.45) is 17.6 Å². The number of rotatable bonds is 36. The number of unbranched alkanes of at least 4 members (excludes halogenated alkanes) is 13. The van der Waals surface area contributed by atoms with Crippen LogP contribution in [0.15, 0.2) is 0 Å². The fourth-order valence-electron chi connectivity index (χ4n) is 6.28. The number of hydrogen-bond donors (Lipinski definition) is 7. The molecule has 0 aliphatic heterocycles. The normalized spacial score (nSPS) is 13.6. The zero-order valence-electron chi connectivity index (χ0n) is 34.2. The van der Waals surface area contributed by atoms with Gasteiger partial charge in [0.2, 0.25) is 17.7 Å². The number of nitrogens with two attached hydrogens (primary N) is 1. The Bertz CT molecular complexity index is 1010. The van der Waals surface area contributed by atoms with E-state index in [9.17, 15) is 39.3 Å². The van der Waals surface area contributed by atoms with E-state index in [1.54, 1.807) is 0 Å². The van der Waals surface area contributed by atoms with Crippen LogP contribution in [0.3, 0.4) is 0 Å². The Kier molecular flexibility index (Phi) is 31.8. The Morgan fingerprint density at radius 2 is 1.07 bits per heavy atom. The van der Waals surface area contributed by atoms with Gasteiger partial charge in [0.15, 0.2) is 0 Å². The average Bonchev–Trinajstić information content (AvgIpc) is 3.10. The van der Waals surface area contributed by atoms with Crippen molar-refractivity contribution in [1.82, 2.24) is 16.0 Å². The summed E-state index contributed by atoms with van der Waals surface area (Å²) in [5, 5.41) is 36.5. The summed E-state index contributed by atoms with van der Waals surface area (Å²) >= 11 is 0. The molecule has 0 radical (unpaired) electrons. The molecule has 0 rings (SSSR count). The Morgan fingerprint density at radius 3 is 1.54 bits per heavy atom. The third kappa shape index (κ3) is 30.5. The monoisotopic (exact) mass is 771 g/mol. The molecule has 8 N–H and O–H groups in total. The standard InChI is InChI=1S/C41H78N4O9/c1-31(2)21-16-12-8-5-6-11-15-19-24-34(54-39(50)27-33(47)23-18-14-10-7-9-13-17-22-32(3)4)28-37(48)43-29-38(49)44-36(30-46)40(51)45-35(41(52)53)25-20-26-42/h31-36,46-47H,5-30,42H2,1-4H3,(H,43,48)(H,44,49)(H,45,51)(H,52,53). The number of aliphatic hydroxyl groups is 2. The average molecular weight is 771 g/mol. The molecule has 0 aliphatic rings. The molecule has 13 heteroatoms. The predicted molar refractivity (Wildman–Crippen MR) is 212 cm³/mol. The van der Waals surface area contributed by atoms with Crippen LogP contribution in [0.25, 0.3) is 0 Å². The van der Waals surface area contributed by atoms with Crippen molar-refractivity contribution in [1.29, 1.82) is 0 Å². The van der Waals surface area contributed by atoms with E-state index in [1.165, 1.54) is 64.2 Å². The third-order valence-corrected chi connectivity index (χ3v) is 9.58. The summed E-state index contributed by atoms with van der Waals surface area (Å²) in [5.41, 5.74) is 5.43. The maximum atomic E-state index is 12.9. The van der Waals surface area contributed by atoms with Crippen molar-refractivity contribution in [3.63, 3.8) is 0 Å². The molecule has 0 aliphatic carbocycles. The van der Waals surface area contributed by atoms with Crippen molar-refractivity contribution < 1.29 is 44.0 Å². The second-order valence-corrected chi connectivity index (χ2v) is 15.8. The van der Waals surface area contributed by atoms with E-state index in [4.69, 9.17) is 10.5 Å². The molecule has 0 spiro atoms. The molecule has 316 valence electrons. The van der Waals surface area contributed by atoms with Gasteiger partial charge in [0.1, 0.15) is 18.2 Å². The summed E-state index contributed by atoms with van der Waals surface area (Å²) in [6, 6.07) is -2.65. The van der Waals surface area contributed by atoms with E-state index >= 15 is 0 Å². The van der Waals surface area contributed by atoms with Crippen molar-refractivity contribution in [3.05, 3.63) is 0 Å². The van der Waals surface area contributed by atoms with Gasteiger partial charge in [0.25, 0.3) is 0 Å². The van der Waals surface area contributed by atoms with E-state index in [1.807, 2.05) is 0 Å². The Hall–Kier alpha value is -2.77. The summed E-state index contributed by atoms with van der Waals surface area (Å²) < 4.78 is 5.68. The van der Waals surface area contributed by atoms with Crippen molar-refractivity contribution in [3.8, 4) is 0 Å². The Balaban J connectivity index is 4.88. The number of nitrogens with one attached hydrogen (secondary N) is 3. The second-order valence-electron chi connectivity index (χ2n) is 15.8. The van der Waals surface area contributed by atoms with Crippen molar-refractivity contribution in [2.45, 2.75) is 200 Å². The maximum Gasteiger partial charge on any atom is 0.326 e. The highest BCUT2D eigenvalue weighted by Crippen LogP contribution is 2.18. The molecule has 3 amide bonds. The van der Waals surface area contributed by atoms with E-state index in [0.717, 1.165) is 56.8 Å². The van der Waals surface area contributed by atoms with Gasteiger partial charge >= 0.3 is 11.9 Å². The van der Waals surface area contributed by atoms with Gasteiger partial charge in [0.05, 0.1) is 32.1 Å². The number of carboxylic acids is 1. The minimum atomic E-state index is -1.42. The van der Waals surface area contributed by atoms with E-state index in [0.29, 0.717) is 19.3 Å². The molecular weight excluding hydrogens is 692 g/mol. The first-order valence-corrected chi connectivity index (χ1v) is 21.1.